The molecule has 0 aliphatic carbocycles. The molecule has 0 aliphatic rings. The maximum Gasteiger partial charge on any atom is 0.0506 e. The van der Waals surface area contributed by atoms with Crippen LogP contribution in [-0.2, 0) is 22.3 Å². The molecule has 2 nitrogen and oxygen atoms in total. The van der Waals surface area contributed by atoms with Crippen LogP contribution < -0.4 is 0 Å². The molecule has 0 aliphatic heterocycles. The number of unbranched alkanes of at least 4 members (excludes halogenated alkanes) is 1. The van der Waals surface area contributed by atoms with Crippen molar-refractivity contribution in [3.8, 4) is 0 Å². The van der Waals surface area contributed by atoms with Crippen molar-refractivity contribution in [3.05, 3.63) is 71.8 Å². The van der Waals surface area contributed by atoms with Crippen molar-refractivity contribution >= 4 is 0 Å². The van der Waals surface area contributed by atoms with E-state index >= 15 is 0 Å². The van der Waals surface area contributed by atoms with Gasteiger partial charge in [-0.15, -0.1) is 0 Å². The first-order valence-electron chi connectivity index (χ1n) is 8.18. The molecular formula is C20H26O2. The van der Waals surface area contributed by atoms with Crippen LogP contribution in [0.5, 0.6) is 0 Å². The molecule has 2 aromatic carbocycles. The Kier molecular flexibility index (Phi) is 8.36. The average Bonchev–Trinajstić information content (AvgIpc) is 2.58. The fourth-order valence-electron chi connectivity index (χ4n) is 2.28. The lowest BCUT2D eigenvalue weighted by molar-refractivity contribution is 0.105. The zero-order valence-electron chi connectivity index (χ0n) is 13.2. The fourth-order valence-corrected chi connectivity index (χ4v) is 2.28. The Balaban J connectivity index is 1.37. The van der Waals surface area contributed by atoms with Crippen LogP contribution in [0.15, 0.2) is 60.7 Å². The summed E-state index contributed by atoms with van der Waals surface area (Å²) in [7, 11) is 0. The Morgan fingerprint density at radius 3 is 1.32 bits per heavy atom. The molecule has 0 N–H and O–H groups in total. The third kappa shape index (κ3) is 7.39. The molecule has 118 valence electrons. The van der Waals surface area contributed by atoms with Crippen molar-refractivity contribution in [3.63, 3.8) is 0 Å². The first-order chi connectivity index (χ1) is 10.9. The first kappa shape index (κ1) is 16.7. The van der Waals surface area contributed by atoms with Crippen LogP contribution in [0, 0.1) is 0 Å². The molecule has 0 saturated heterocycles. The van der Waals surface area contributed by atoms with Gasteiger partial charge in [-0.05, 0) is 36.8 Å². The van der Waals surface area contributed by atoms with Gasteiger partial charge in [-0.1, -0.05) is 60.7 Å². The van der Waals surface area contributed by atoms with Crippen LogP contribution in [0.4, 0.5) is 0 Å². The molecule has 0 spiro atoms. The van der Waals surface area contributed by atoms with E-state index in [9.17, 15) is 0 Å². The van der Waals surface area contributed by atoms with Crippen molar-refractivity contribution in [1.82, 2.24) is 0 Å². The summed E-state index contributed by atoms with van der Waals surface area (Å²) in [6.45, 7) is 3.27. The molecule has 0 bridgehead atoms. The monoisotopic (exact) mass is 298 g/mol. The highest BCUT2D eigenvalue weighted by Gasteiger charge is 1.95. The minimum atomic E-state index is 0.804. The van der Waals surface area contributed by atoms with Gasteiger partial charge >= 0.3 is 0 Å². The van der Waals surface area contributed by atoms with E-state index in [0.29, 0.717) is 0 Å². The quantitative estimate of drug-likeness (QED) is 0.576. The third-order valence-electron chi connectivity index (χ3n) is 3.58. The maximum atomic E-state index is 5.66. The minimum absolute atomic E-state index is 0.804. The standard InChI is InChI=1S/C20H26O2/c1-3-9-19(10-4-1)13-17-21-15-7-8-16-22-18-14-20-11-5-2-6-12-20/h1-6,9-12H,7-8,13-18H2. The molecular weight excluding hydrogens is 272 g/mol. The predicted octanol–water partition coefficient (Wildman–Crippen LogP) is 4.29. The lowest BCUT2D eigenvalue weighted by Gasteiger charge is -2.06. The van der Waals surface area contributed by atoms with E-state index in [2.05, 4.69) is 48.5 Å². The molecule has 22 heavy (non-hydrogen) atoms. The summed E-state index contributed by atoms with van der Waals surface area (Å²) in [6, 6.07) is 20.9. The topological polar surface area (TPSA) is 18.5 Å². The van der Waals surface area contributed by atoms with Gasteiger partial charge in [0.1, 0.15) is 0 Å². The zero-order chi connectivity index (χ0) is 15.3. The van der Waals surface area contributed by atoms with Crippen molar-refractivity contribution in [2.75, 3.05) is 26.4 Å². The molecule has 0 heterocycles. The number of benzene rings is 2. The molecule has 0 atom stereocenters. The number of ether oxygens (including phenoxy) is 2. The van der Waals surface area contributed by atoms with Gasteiger partial charge in [-0.25, -0.2) is 0 Å². The van der Waals surface area contributed by atoms with Gasteiger partial charge in [0.2, 0.25) is 0 Å². The van der Waals surface area contributed by atoms with Crippen molar-refractivity contribution in [2.24, 2.45) is 0 Å². The van der Waals surface area contributed by atoms with Gasteiger partial charge < -0.3 is 9.47 Å². The SMILES string of the molecule is c1ccc(CCOCCCCOCCc2ccccc2)cc1. The molecule has 2 heteroatoms. The second kappa shape index (κ2) is 11.0. The highest BCUT2D eigenvalue weighted by molar-refractivity contribution is 5.15. The van der Waals surface area contributed by atoms with E-state index in [4.69, 9.17) is 9.47 Å². The second-order valence-electron chi connectivity index (χ2n) is 5.40. The van der Waals surface area contributed by atoms with Crippen LogP contribution in [0.1, 0.15) is 24.0 Å². The van der Waals surface area contributed by atoms with E-state index in [1.807, 2.05) is 12.1 Å². The average molecular weight is 298 g/mol. The van der Waals surface area contributed by atoms with Gasteiger partial charge in [-0.3, -0.25) is 0 Å². The van der Waals surface area contributed by atoms with Gasteiger partial charge in [0.25, 0.3) is 0 Å². The molecule has 0 unspecified atom stereocenters. The summed E-state index contributed by atoms with van der Waals surface area (Å²) >= 11 is 0. The number of rotatable bonds is 11. The zero-order valence-corrected chi connectivity index (χ0v) is 13.2. The predicted molar refractivity (Wildman–Crippen MR) is 91.2 cm³/mol. The van der Waals surface area contributed by atoms with Crippen LogP contribution in [0.2, 0.25) is 0 Å². The van der Waals surface area contributed by atoms with Crippen LogP contribution in [0.3, 0.4) is 0 Å². The molecule has 0 saturated carbocycles. The van der Waals surface area contributed by atoms with E-state index < -0.39 is 0 Å². The smallest absolute Gasteiger partial charge is 0.0506 e. The van der Waals surface area contributed by atoms with Crippen LogP contribution in [-0.4, -0.2) is 26.4 Å². The number of hydrogen-bond acceptors (Lipinski definition) is 2. The summed E-state index contributed by atoms with van der Waals surface area (Å²) in [5.74, 6) is 0. The lowest BCUT2D eigenvalue weighted by Crippen LogP contribution is -2.03. The lowest BCUT2D eigenvalue weighted by atomic mass is 10.2. The number of hydrogen-bond donors (Lipinski definition) is 0. The molecule has 0 radical (unpaired) electrons. The Morgan fingerprint density at radius 2 is 0.909 bits per heavy atom. The Labute approximate surface area is 134 Å². The molecule has 0 amide bonds. The largest absolute Gasteiger partial charge is 0.381 e. The Bertz CT molecular complexity index is 434. The first-order valence-corrected chi connectivity index (χ1v) is 8.18. The van der Waals surface area contributed by atoms with Crippen molar-refractivity contribution in [2.45, 2.75) is 25.7 Å². The summed E-state index contributed by atoms with van der Waals surface area (Å²) in [5, 5.41) is 0. The highest BCUT2D eigenvalue weighted by atomic mass is 16.5. The molecule has 0 aromatic heterocycles. The van der Waals surface area contributed by atoms with Gasteiger partial charge in [0, 0.05) is 13.2 Å². The summed E-state index contributed by atoms with van der Waals surface area (Å²) in [4.78, 5) is 0. The van der Waals surface area contributed by atoms with E-state index in [0.717, 1.165) is 52.1 Å². The highest BCUT2D eigenvalue weighted by Crippen LogP contribution is 2.01. The van der Waals surface area contributed by atoms with E-state index in [1.54, 1.807) is 0 Å². The van der Waals surface area contributed by atoms with Gasteiger partial charge in [0.15, 0.2) is 0 Å². The molecule has 2 rings (SSSR count). The van der Waals surface area contributed by atoms with Crippen LogP contribution >= 0.6 is 0 Å². The molecule has 2 aromatic rings. The van der Waals surface area contributed by atoms with Gasteiger partial charge in [0.05, 0.1) is 13.2 Å². The summed E-state index contributed by atoms with van der Waals surface area (Å²) in [5.41, 5.74) is 2.68. The van der Waals surface area contributed by atoms with Gasteiger partial charge in [-0.2, -0.15) is 0 Å². The van der Waals surface area contributed by atoms with Crippen molar-refractivity contribution in [1.29, 1.82) is 0 Å². The second-order valence-corrected chi connectivity index (χ2v) is 5.40. The van der Waals surface area contributed by atoms with E-state index in [1.165, 1.54) is 11.1 Å². The third-order valence-corrected chi connectivity index (χ3v) is 3.58. The summed E-state index contributed by atoms with van der Waals surface area (Å²) < 4.78 is 11.3. The normalized spacial score (nSPS) is 10.7. The Morgan fingerprint density at radius 1 is 0.500 bits per heavy atom. The maximum absolute atomic E-state index is 5.66. The fraction of sp³-hybridized carbons (Fsp3) is 0.400. The van der Waals surface area contributed by atoms with Crippen molar-refractivity contribution < 1.29 is 9.47 Å². The van der Waals surface area contributed by atoms with E-state index in [-0.39, 0.29) is 0 Å². The van der Waals surface area contributed by atoms with Crippen LogP contribution in [0.25, 0.3) is 0 Å². The molecule has 0 fully saturated rings. The summed E-state index contributed by atoms with van der Waals surface area (Å²) in [6.07, 6.45) is 4.13. The Hall–Kier alpha value is -1.64. The minimum Gasteiger partial charge on any atom is -0.381 e.